The Balaban J connectivity index is 1.30. The Kier molecular flexibility index (Phi) is 6.03. The molecule has 0 saturated carbocycles. The molecule has 2 saturated heterocycles. The van der Waals surface area contributed by atoms with Gasteiger partial charge in [0.1, 0.15) is 5.82 Å². The topological polar surface area (TPSA) is 44.4 Å². The summed E-state index contributed by atoms with van der Waals surface area (Å²) in [5.41, 5.74) is 8.68. The molecule has 0 spiro atoms. The van der Waals surface area contributed by atoms with Crippen LogP contribution in [-0.4, -0.2) is 36.5 Å². The van der Waals surface area contributed by atoms with Gasteiger partial charge in [0.2, 0.25) is 0 Å². The van der Waals surface area contributed by atoms with E-state index in [0.717, 1.165) is 45.3 Å². The Morgan fingerprint density at radius 3 is 2.61 bits per heavy atom. The fourth-order valence-corrected chi connectivity index (χ4v) is 4.60. The first kappa shape index (κ1) is 19.1. The molecular weight excluding hydrogens is 353 g/mol. The van der Waals surface area contributed by atoms with Crippen LogP contribution < -0.4 is 10.9 Å². The first-order valence-electron chi connectivity index (χ1n) is 10.3. The van der Waals surface area contributed by atoms with E-state index in [1.54, 1.807) is 12.1 Å². The highest BCUT2D eigenvalue weighted by Gasteiger charge is 2.35. The number of nitrogens with one attached hydrogen (secondary N) is 2. The van der Waals surface area contributed by atoms with Crippen LogP contribution in [0.5, 0.6) is 0 Å². The predicted octanol–water partition coefficient (Wildman–Crippen LogP) is 3.40. The van der Waals surface area contributed by atoms with Crippen molar-refractivity contribution in [2.75, 3.05) is 19.6 Å². The van der Waals surface area contributed by atoms with Gasteiger partial charge < -0.3 is 4.90 Å². The third-order valence-corrected chi connectivity index (χ3v) is 6.19. The lowest BCUT2D eigenvalue weighted by Gasteiger charge is -2.36. The van der Waals surface area contributed by atoms with Crippen LogP contribution in [0.4, 0.5) is 4.39 Å². The van der Waals surface area contributed by atoms with E-state index in [9.17, 15) is 9.18 Å². The van der Waals surface area contributed by atoms with Gasteiger partial charge in [-0.05, 0) is 61.3 Å². The molecule has 2 atom stereocenters. The molecule has 0 radical (unpaired) electrons. The summed E-state index contributed by atoms with van der Waals surface area (Å²) in [5, 5.41) is 0. The van der Waals surface area contributed by atoms with E-state index < -0.39 is 0 Å². The number of amides is 1. The monoisotopic (exact) mass is 381 g/mol. The molecular formula is C23H28FN3O. The van der Waals surface area contributed by atoms with Crippen LogP contribution in [0.2, 0.25) is 0 Å². The maximum Gasteiger partial charge on any atom is 0.253 e. The van der Waals surface area contributed by atoms with Crippen LogP contribution in [0.25, 0.3) is 0 Å². The molecule has 2 aromatic carbocycles. The van der Waals surface area contributed by atoms with Gasteiger partial charge in [0, 0.05) is 31.2 Å². The molecule has 5 heteroatoms. The second-order valence-corrected chi connectivity index (χ2v) is 7.98. The Morgan fingerprint density at radius 1 is 1.07 bits per heavy atom. The molecule has 2 aliphatic heterocycles. The number of benzene rings is 2. The summed E-state index contributed by atoms with van der Waals surface area (Å²) in [7, 11) is 0. The quantitative estimate of drug-likeness (QED) is 0.834. The lowest BCUT2D eigenvalue weighted by molar-refractivity contribution is 0.0662. The predicted molar refractivity (Wildman–Crippen MR) is 108 cm³/mol. The Hall–Kier alpha value is -2.24. The zero-order valence-electron chi connectivity index (χ0n) is 16.1. The molecule has 0 bridgehead atoms. The number of hydrazine groups is 1. The molecule has 2 heterocycles. The summed E-state index contributed by atoms with van der Waals surface area (Å²) in [4.78, 5) is 14.5. The average Bonchev–Trinajstić information content (AvgIpc) is 3.21. The minimum absolute atomic E-state index is 0.0592. The molecule has 1 amide bonds. The first-order valence-corrected chi connectivity index (χ1v) is 10.3. The van der Waals surface area contributed by atoms with Gasteiger partial charge in [-0.2, -0.15) is 0 Å². The summed E-state index contributed by atoms with van der Waals surface area (Å²) in [5.74, 6) is 0.752. The summed E-state index contributed by atoms with van der Waals surface area (Å²) < 4.78 is 13.4. The van der Waals surface area contributed by atoms with Gasteiger partial charge >= 0.3 is 0 Å². The minimum Gasteiger partial charge on any atom is -0.339 e. The number of hydrogen-bond acceptors (Lipinski definition) is 3. The van der Waals surface area contributed by atoms with Gasteiger partial charge in [-0.1, -0.05) is 36.4 Å². The van der Waals surface area contributed by atoms with Crippen LogP contribution >= 0.6 is 0 Å². The van der Waals surface area contributed by atoms with E-state index in [1.807, 2.05) is 4.90 Å². The van der Waals surface area contributed by atoms with Crippen molar-refractivity contribution in [2.24, 2.45) is 11.8 Å². The number of carbonyl (C=O) groups is 1. The fourth-order valence-electron chi connectivity index (χ4n) is 4.60. The van der Waals surface area contributed by atoms with E-state index in [-0.39, 0.29) is 11.7 Å². The normalized spacial score (nSPS) is 23.1. The van der Waals surface area contributed by atoms with Crippen molar-refractivity contribution >= 4 is 5.91 Å². The number of halogens is 1. The average molecular weight is 381 g/mol. The summed E-state index contributed by atoms with van der Waals surface area (Å²) >= 11 is 0. The van der Waals surface area contributed by atoms with E-state index in [0.29, 0.717) is 23.4 Å². The molecule has 2 N–H and O–H groups in total. The maximum atomic E-state index is 13.4. The third-order valence-electron chi connectivity index (χ3n) is 6.19. The molecule has 0 aliphatic carbocycles. The van der Waals surface area contributed by atoms with Crippen molar-refractivity contribution in [3.8, 4) is 0 Å². The molecule has 4 nitrogen and oxygen atoms in total. The van der Waals surface area contributed by atoms with Crippen LogP contribution in [-0.2, 0) is 6.42 Å². The second kappa shape index (κ2) is 8.84. The summed E-state index contributed by atoms with van der Waals surface area (Å²) in [6.07, 6.45) is 4.24. The Labute approximate surface area is 166 Å². The summed E-state index contributed by atoms with van der Waals surface area (Å²) in [6, 6.07) is 17.1. The third kappa shape index (κ3) is 4.42. The molecule has 2 fully saturated rings. The largest absolute Gasteiger partial charge is 0.339 e. The number of likely N-dealkylation sites (tertiary alicyclic amines) is 1. The van der Waals surface area contributed by atoms with Gasteiger partial charge in [0.15, 0.2) is 0 Å². The second-order valence-electron chi connectivity index (χ2n) is 7.98. The van der Waals surface area contributed by atoms with Gasteiger partial charge in [0.25, 0.3) is 5.91 Å². The first-order chi connectivity index (χ1) is 13.7. The van der Waals surface area contributed by atoms with Crippen molar-refractivity contribution in [3.63, 3.8) is 0 Å². The van der Waals surface area contributed by atoms with Crippen LogP contribution in [0, 0.1) is 17.7 Å². The van der Waals surface area contributed by atoms with E-state index in [1.165, 1.54) is 17.7 Å². The van der Waals surface area contributed by atoms with E-state index in [4.69, 9.17) is 0 Å². The van der Waals surface area contributed by atoms with Gasteiger partial charge in [-0.15, -0.1) is 0 Å². The number of rotatable bonds is 5. The van der Waals surface area contributed by atoms with Gasteiger partial charge in [-0.3, -0.25) is 15.6 Å². The fraction of sp³-hybridized carbons (Fsp3) is 0.435. The van der Waals surface area contributed by atoms with Crippen LogP contribution in [0.15, 0.2) is 54.6 Å². The van der Waals surface area contributed by atoms with Gasteiger partial charge in [-0.25, -0.2) is 4.39 Å². The van der Waals surface area contributed by atoms with E-state index >= 15 is 0 Å². The number of piperidine rings is 1. The lowest BCUT2D eigenvalue weighted by Crippen LogP contribution is -2.46. The Bertz CT molecular complexity index is 789. The highest BCUT2D eigenvalue weighted by molar-refractivity contribution is 5.94. The van der Waals surface area contributed by atoms with Gasteiger partial charge in [0.05, 0.1) is 0 Å². The molecule has 2 aliphatic rings. The molecule has 28 heavy (non-hydrogen) atoms. The van der Waals surface area contributed by atoms with Crippen molar-refractivity contribution in [1.82, 2.24) is 15.8 Å². The van der Waals surface area contributed by atoms with Crippen LogP contribution in [0.1, 0.15) is 35.2 Å². The minimum atomic E-state index is -0.358. The van der Waals surface area contributed by atoms with Crippen molar-refractivity contribution < 1.29 is 9.18 Å². The molecule has 4 rings (SSSR count). The standard InChI is InChI=1S/C23H28FN3O/c24-21-8-4-7-19(15-21)23(28)27-13-11-18(12-14-27)22-20(16-25-26-22)10-9-17-5-2-1-3-6-17/h1-8,15,18,20,22,25-26H,9-14,16H2. The smallest absolute Gasteiger partial charge is 0.253 e. The van der Waals surface area contributed by atoms with Crippen molar-refractivity contribution in [1.29, 1.82) is 0 Å². The highest BCUT2D eigenvalue weighted by Crippen LogP contribution is 2.29. The number of nitrogens with zero attached hydrogens (tertiary/aromatic N) is 1. The maximum absolute atomic E-state index is 13.4. The van der Waals surface area contributed by atoms with E-state index in [2.05, 4.69) is 41.2 Å². The SMILES string of the molecule is O=C(c1cccc(F)c1)N1CCC(C2NNCC2CCc2ccccc2)CC1. The molecule has 0 aromatic heterocycles. The number of hydrogen-bond donors (Lipinski definition) is 2. The lowest BCUT2D eigenvalue weighted by atomic mass is 9.81. The molecule has 2 unspecified atom stereocenters. The zero-order chi connectivity index (χ0) is 19.3. The molecule has 2 aromatic rings. The number of aryl methyl sites for hydroxylation is 1. The van der Waals surface area contributed by atoms with Crippen molar-refractivity contribution in [3.05, 3.63) is 71.5 Å². The molecule has 148 valence electrons. The number of carbonyl (C=O) groups excluding carboxylic acids is 1. The van der Waals surface area contributed by atoms with Crippen molar-refractivity contribution in [2.45, 2.75) is 31.7 Å². The Morgan fingerprint density at radius 2 is 1.86 bits per heavy atom. The van der Waals surface area contributed by atoms with Crippen LogP contribution in [0.3, 0.4) is 0 Å². The summed E-state index contributed by atoms with van der Waals surface area (Å²) in [6.45, 7) is 2.48. The zero-order valence-corrected chi connectivity index (χ0v) is 16.1. The highest BCUT2D eigenvalue weighted by atomic mass is 19.1.